The second kappa shape index (κ2) is 6.85. The van der Waals surface area contributed by atoms with Gasteiger partial charge in [0.15, 0.2) is 0 Å². The molecule has 0 bridgehead atoms. The molecule has 1 fully saturated rings. The average molecular weight is 309 g/mol. The predicted molar refractivity (Wildman–Crippen MR) is 81.9 cm³/mol. The summed E-state index contributed by atoms with van der Waals surface area (Å²) in [6.07, 6.45) is 0.166. The molecule has 1 saturated heterocycles. The van der Waals surface area contributed by atoms with Crippen LogP contribution in [0, 0.1) is 6.92 Å². The summed E-state index contributed by atoms with van der Waals surface area (Å²) in [5, 5.41) is 9.24. The van der Waals surface area contributed by atoms with E-state index in [1.54, 1.807) is 18.9 Å². The molecule has 6 heteroatoms. The zero-order valence-electron chi connectivity index (χ0n) is 12.2. The van der Waals surface area contributed by atoms with Crippen molar-refractivity contribution in [2.24, 2.45) is 0 Å². The molecule has 0 aromatic heterocycles. The number of benzene rings is 1. The Morgan fingerprint density at radius 2 is 2.24 bits per heavy atom. The molecule has 1 aromatic carbocycles. The number of carboxylic acid groups (broad SMARTS) is 1. The summed E-state index contributed by atoms with van der Waals surface area (Å²) in [4.78, 5) is 25.2. The lowest BCUT2D eigenvalue weighted by Gasteiger charge is -2.32. The van der Waals surface area contributed by atoms with E-state index in [-0.39, 0.29) is 12.3 Å². The Morgan fingerprint density at radius 3 is 2.90 bits per heavy atom. The van der Waals surface area contributed by atoms with Crippen molar-refractivity contribution < 1.29 is 19.4 Å². The standard InChI is InChI=1S/C15H19NO4S/c1-10-3-4-13(20-2)11(7-10)8-14(17)16-5-6-21-9-12(16)15(18)19/h3-4,7,12H,5-6,8-9H2,1-2H3,(H,18,19). The van der Waals surface area contributed by atoms with Gasteiger partial charge in [-0.15, -0.1) is 0 Å². The molecule has 1 aliphatic heterocycles. The first kappa shape index (κ1) is 15.7. The number of nitrogens with zero attached hydrogens (tertiary/aromatic N) is 1. The number of aliphatic carboxylic acids is 1. The highest BCUT2D eigenvalue weighted by Crippen LogP contribution is 2.23. The molecule has 0 aliphatic carbocycles. The molecule has 1 atom stereocenters. The maximum Gasteiger partial charge on any atom is 0.327 e. The van der Waals surface area contributed by atoms with E-state index >= 15 is 0 Å². The van der Waals surface area contributed by atoms with Crippen molar-refractivity contribution in [1.29, 1.82) is 0 Å². The fraction of sp³-hybridized carbons (Fsp3) is 0.467. The van der Waals surface area contributed by atoms with Gasteiger partial charge >= 0.3 is 5.97 Å². The molecular weight excluding hydrogens is 290 g/mol. The van der Waals surface area contributed by atoms with Crippen molar-refractivity contribution in [2.75, 3.05) is 25.2 Å². The van der Waals surface area contributed by atoms with Gasteiger partial charge in [0, 0.05) is 23.6 Å². The Morgan fingerprint density at radius 1 is 1.48 bits per heavy atom. The van der Waals surface area contributed by atoms with Gasteiger partial charge in [-0.25, -0.2) is 4.79 Å². The molecule has 1 aromatic rings. The van der Waals surface area contributed by atoms with Crippen LogP contribution < -0.4 is 4.74 Å². The van der Waals surface area contributed by atoms with Crippen molar-refractivity contribution in [3.63, 3.8) is 0 Å². The minimum atomic E-state index is -0.938. The molecule has 1 aliphatic rings. The maximum absolute atomic E-state index is 12.5. The van der Waals surface area contributed by atoms with Crippen LogP contribution in [0.5, 0.6) is 5.75 Å². The Hall–Kier alpha value is -1.69. The summed E-state index contributed by atoms with van der Waals surface area (Å²) in [5.41, 5.74) is 1.84. The molecule has 1 N–H and O–H groups in total. The molecule has 114 valence electrons. The number of rotatable bonds is 4. The van der Waals surface area contributed by atoms with Crippen molar-refractivity contribution in [1.82, 2.24) is 4.90 Å². The third kappa shape index (κ3) is 3.69. The van der Waals surface area contributed by atoms with Crippen molar-refractivity contribution in [2.45, 2.75) is 19.4 Å². The van der Waals surface area contributed by atoms with Gasteiger partial charge in [0.2, 0.25) is 5.91 Å². The van der Waals surface area contributed by atoms with Gasteiger partial charge < -0.3 is 14.7 Å². The molecule has 1 unspecified atom stereocenters. The van der Waals surface area contributed by atoms with Crippen LogP contribution in [0.4, 0.5) is 0 Å². The van der Waals surface area contributed by atoms with Gasteiger partial charge in [0.05, 0.1) is 13.5 Å². The van der Waals surface area contributed by atoms with Crippen molar-refractivity contribution in [3.8, 4) is 5.75 Å². The summed E-state index contributed by atoms with van der Waals surface area (Å²) in [7, 11) is 1.57. The van der Waals surface area contributed by atoms with Crippen LogP contribution in [-0.2, 0) is 16.0 Å². The summed E-state index contributed by atoms with van der Waals surface area (Å²) >= 11 is 1.57. The van der Waals surface area contributed by atoms with Crippen molar-refractivity contribution >= 4 is 23.6 Å². The molecular formula is C15H19NO4S. The predicted octanol–water partition coefficient (Wildman–Crippen LogP) is 1.57. The highest BCUT2D eigenvalue weighted by molar-refractivity contribution is 7.99. The zero-order chi connectivity index (χ0) is 15.4. The van der Waals surface area contributed by atoms with Crippen LogP contribution in [0.3, 0.4) is 0 Å². The molecule has 2 rings (SSSR count). The Balaban J connectivity index is 2.16. The average Bonchev–Trinajstić information content (AvgIpc) is 2.47. The molecule has 1 heterocycles. The molecule has 0 spiro atoms. The summed E-state index contributed by atoms with van der Waals surface area (Å²) < 4.78 is 5.27. The van der Waals surface area contributed by atoms with E-state index in [4.69, 9.17) is 4.74 Å². The lowest BCUT2D eigenvalue weighted by Crippen LogP contribution is -2.50. The maximum atomic E-state index is 12.5. The van der Waals surface area contributed by atoms with E-state index in [2.05, 4.69) is 0 Å². The lowest BCUT2D eigenvalue weighted by atomic mass is 10.1. The number of hydrogen-bond acceptors (Lipinski definition) is 4. The van der Waals surface area contributed by atoms with Crippen LogP contribution in [0.25, 0.3) is 0 Å². The minimum Gasteiger partial charge on any atom is -0.496 e. The first-order valence-corrected chi connectivity index (χ1v) is 7.92. The first-order valence-electron chi connectivity index (χ1n) is 6.76. The van der Waals surface area contributed by atoms with Crippen molar-refractivity contribution in [3.05, 3.63) is 29.3 Å². The number of carbonyl (C=O) groups is 2. The topological polar surface area (TPSA) is 66.8 Å². The number of carboxylic acids is 1. The van der Waals surface area contributed by atoms with E-state index in [1.807, 2.05) is 25.1 Å². The van der Waals surface area contributed by atoms with Crippen LogP contribution in [-0.4, -0.2) is 53.1 Å². The summed E-state index contributed by atoms with van der Waals surface area (Å²) in [5.74, 6) is 0.789. The third-order valence-corrected chi connectivity index (χ3v) is 4.53. The largest absolute Gasteiger partial charge is 0.496 e. The van der Waals surface area contributed by atoms with E-state index in [9.17, 15) is 14.7 Å². The van der Waals surface area contributed by atoms with Gasteiger partial charge in [-0.2, -0.15) is 11.8 Å². The van der Waals surface area contributed by atoms with Crippen LogP contribution >= 0.6 is 11.8 Å². The first-order chi connectivity index (χ1) is 10.0. The van der Waals surface area contributed by atoms with Crippen LogP contribution in [0.2, 0.25) is 0 Å². The quantitative estimate of drug-likeness (QED) is 0.914. The van der Waals surface area contributed by atoms with E-state index < -0.39 is 12.0 Å². The normalized spacial score (nSPS) is 18.4. The van der Waals surface area contributed by atoms with Gasteiger partial charge in [-0.05, 0) is 13.0 Å². The number of aryl methyl sites for hydroxylation is 1. The van der Waals surface area contributed by atoms with Crippen LogP contribution in [0.1, 0.15) is 11.1 Å². The van der Waals surface area contributed by atoms with Crippen LogP contribution in [0.15, 0.2) is 18.2 Å². The molecule has 0 radical (unpaired) electrons. The number of hydrogen-bond donors (Lipinski definition) is 1. The number of carbonyl (C=O) groups excluding carboxylic acids is 1. The fourth-order valence-corrected chi connectivity index (χ4v) is 3.46. The number of methoxy groups -OCH3 is 1. The van der Waals surface area contributed by atoms with E-state index in [0.717, 1.165) is 16.9 Å². The molecule has 1 amide bonds. The van der Waals surface area contributed by atoms with E-state index in [0.29, 0.717) is 18.0 Å². The number of ether oxygens (including phenoxy) is 1. The summed E-state index contributed by atoms with van der Waals surface area (Å²) in [6.45, 7) is 2.43. The Bertz CT molecular complexity index is 546. The smallest absolute Gasteiger partial charge is 0.327 e. The second-order valence-corrected chi connectivity index (χ2v) is 6.16. The lowest BCUT2D eigenvalue weighted by molar-refractivity contribution is -0.149. The van der Waals surface area contributed by atoms with Gasteiger partial charge in [0.1, 0.15) is 11.8 Å². The minimum absolute atomic E-state index is 0.161. The highest BCUT2D eigenvalue weighted by atomic mass is 32.2. The van der Waals surface area contributed by atoms with Gasteiger partial charge in [-0.1, -0.05) is 17.7 Å². The molecule has 0 saturated carbocycles. The third-order valence-electron chi connectivity index (χ3n) is 3.51. The number of amides is 1. The SMILES string of the molecule is COc1ccc(C)cc1CC(=O)N1CCSCC1C(=O)O. The van der Waals surface area contributed by atoms with Gasteiger partial charge in [-0.3, -0.25) is 4.79 Å². The number of thioether (sulfide) groups is 1. The highest BCUT2D eigenvalue weighted by Gasteiger charge is 2.32. The van der Waals surface area contributed by atoms with Gasteiger partial charge in [0.25, 0.3) is 0 Å². The Kier molecular flexibility index (Phi) is 5.12. The summed E-state index contributed by atoms with van der Waals surface area (Å²) in [6, 6.07) is 4.93. The fourth-order valence-electron chi connectivity index (χ4n) is 2.42. The Labute approximate surface area is 128 Å². The van der Waals surface area contributed by atoms with E-state index in [1.165, 1.54) is 4.90 Å². The molecule has 5 nitrogen and oxygen atoms in total. The second-order valence-electron chi connectivity index (χ2n) is 5.01. The molecule has 21 heavy (non-hydrogen) atoms. The monoisotopic (exact) mass is 309 g/mol. The zero-order valence-corrected chi connectivity index (χ0v) is 13.0.